The summed E-state index contributed by atoms with van der Waals surface area (Å²) >= 11 is 6.48. The van der Waals surface area contributed by atoms with Crippen molar-refractivity contribution in [3.63, 3.8) is 0 Å². The first-order valence-electron chi connectivity index (χ1n) is 11.0. The van der Waals surface area contributed by atoms with Crippen LogP contribution in [0, 0.1) is 5.92 Å². The van der Waals surface area contributed by atoms with Gasteiger partial charge in [-0.1, -0.05) is 25.4 Å². The number of nitrogens with zero attached hydrogens (tertiary/aromatic N) is 2. The van der Waals surface area contributed by atoms with Crippen LogP contribution in [0.25, 0.3) is 11.3 Å². The molecule has 2 aromatic rings. The molecule has 2 amide bonds. The van der Waals surface area contributed by atoms with E-state index in [1.807, 2.05) is 27.7 Å². The monoisotopic (exact) mass is 492 g/mol. The van der Waals surface area contributed by atoms with E-state index >= 15 is 0 Å². The molecule has 1 atom stereocenters. The fourth-order valence-corrected chi connectivity index (χ4v) is 3.53. The Morgan fingerprint density at radius 1 is 1.12 bits per heavy atom. The van der Waals surface area contributed by atoms with Crippen LogP contribution in [0.1, 0.15) is 48.0 Å². The van der Waals surface area contributed by atoms with Crippen LogP contribution in [0.5, 0.6) is 11.8 Å². The number of ether oxygens (including phenoxy) is 3. The second-order valence-electron chi connectivity index (χ2n) is 9.58. The van der Waals surface area contributed by atoms with Crippen molar-refractivity contribution in [3.8, 4) is 23.0 Å². The molecular weight excluding hydrogens is 460 g/mol. The summed E-state index contributed by atoms with van der Waals surface area (Å²) in [5.74, 6) is 0.771. The number of alkyl carbamates (subject to hydrolysis) is 1. The molecule has 2 rings (SSSR count). The molecule has 0 bridgehead atoms. The Morgan fingerprint density at radius 3 is 2.41 bits per heavy atom. The number of nitrogens with one attached hydrogen (secondary N) is 2. The van der Waals surface area contributed by atoms with Gasteiger partial charge in [-0.15, -0.1) is 0 Å². The summed E-state index contributed by atoms with van der Waals surface area (Å²) in [6.45, 7) is 11.7. The number of benzene rings is 1. The Morgan fingerprint density at radius 2 is 1.82 bits per heavy atom. The van der Waals surface area contributed by atoms with Crippen molar-refractivity contribution in [3.05, 3.63) is 35.5 Å². The van der Waals surface area contributed by atoms with Crippen molar-refractivity contribution in [1.82, 2.24) is 20.6 Å². The van der Waals surface area contributed by atoms with Crippen LogP contribution >= 0.6 is 11.6 Å². The molecule has 10 heteroatoms. The van der Waals surface area contributed by atoms with Crippen LogP contribution in [0.3, 0.4) is 0 Å². The third-order valence-electron chi connectivity index (χ3n) is 4.46. The normalized spacial score (nSPS) is 13.1. The molecule has 0 radical (unpaired) electrons. The third-order valence-corrected chi connectivity index (χ3v) is 4.75. The number of carbonyl (C=O) groups is 2. The smallest absolute Gasteiger partial charge is 0.414 e. The largest absolute Gasteiger partial charge is 0.490 e. The van der Waals surface area contributed by atoms with E-state index in [9.17, 15) is 9.59 Å². The minimum Gasteiger partial charge on any atom is -0.490 e. The third kappa shape index (κ3) is 8.70. The molecule has 186 valence electrons. The van der Waals surface area contributed by atoms with Crippen LogP contribution < -0.4 is 20.1 Å². The first-order chi connectivity index (χ1) is 15.8. The van der Waals surface area contributed by atoms with Crippen LogP contribution in [0.2, 0.25) is 5.02 Å². The maximum Gasteiger partial charge on any atom is 0.414 e. The van der Waals surface area contributed by atoms with Gasteiger partial charge in [-0.05, 0) is 64.3 Å². The number of hydrogen-bond donors (Lipinski definition) is 2. The first-order valence-corrected chi connectivity index (χ1v) is 11.3. The lowest BCUT2D eigenvalue weighted by Gasteiger charge is -2.33. The van der Waals surface area contributed by atoms with Crippen LogP contribution in [0.15, 0.2) is 30.5 Å². The number of hydrogen-bond acceptors (Lipinski definition) is 7. The number of rotatable bonds is 8. The zero-order chi connectivity index (χ0) is 25.5. The number of halogens is 1. The van der Waals surface area contributed by atoms with Gasteiger partial charge >= 0.3 is 18.2 Å². The highest BCUT2D eigenvalue weighted by Gasteiger charge is 2.31. The standard InChI is InChI=1S/C24H33ClN4O5/c1-15(2)13-24(6,29-22(31)34-23(3,4)5)14-32-19-9-8-16(12-17(19)25)18-10-11-27-20(28-18)33-21(30)26-7/h8-12,15H,13-14H2,1-7H3,(H,26,30)(H,29,31)/t24-/m0/s1. The number of aromatic nitrogens is 2. The summed E-state index contributed by atoms with van der Waals surface area (Å²) in [5.41, 5.74) is -0.0522. The minimum absolute atomic E-state index is 0.0778. The predicted molar refractivity (Wildman–Crippen MR) is 130 cm³/mol. The van der Waals surface area contributed by atoms with Crippen LogP contribution in [0.4, 0.5) is 9.59 Å². The summed E-state index contributed by atoms with van der Waals surface area (Å²) in [6, 6.07) is 6.81. The van der Waals surface area contributed by atoms with Crippen molar-refractivity contribution in [2.75, 3.05) is 13.7 Å². The van der Waals surface area contributed by atoms with Crippen LogP contribution in [-0.2, 0) is 4.74 Å². The number of amides is 2. The van der Waals surface area contributed by atoms with Gasteiger partial charge in [-0.3, -0.25) is 0 Å². The molecule has 0 aliphatic rings. The Labute approximate surface area is 205 Å². The molecule has 0 aliphatic carbocycles. The average molecular weight is 493 g/mol. The van der Waals surface area contributed by atoms with E-state index in [-0.39, 0.29) is 12.6 Å². The van der Waals surface area contributed by atoms with Gasteiger partial charge in [-0.25, -0.2) is 14.6 Å². The molecular formula is C24H33ClN4O5. The second kappa shape index (κ2) is 11.4. The maximum atomic E-state index is 12.4. The number of carbonyl (C=O) groups excluding carboxylic acids is 2. The molecule has 1 heterocycles. The summed E-state index contributed by atoms with van der Waals surface area (Å²) in [4.78, 5) is 31.9. The first kappa shape index (κ1) is 27.2. The molecule has 0 aliphatic heterocycles. The molecule has 1 aromatic heterocycles. The van der Waals surface area contributed by atoms with E-state index in [2.05, 4.69) is 34.4 Å². The van der Waals surface area contributed by atoms with Crippen molar-refractivity contribution < 1.29 is 23.8 Å². The average Bonchev–Trinajstić information content (AvgIpc) is 2.70. The Kier molecular flexibility index (Phi) is 9.09. The Hall–Kier alpha value is -3.07. The van der Waals surface area contributed by atoms with Crippen molar-refractivity contribution >= 4 is 23.8 Å². The van der Waals surface area contributed by atoms with E-state index in [0.717, 1.165) is 0 Å². The Balaban J connectivity index is 2.15. The molecule has 0 unspecified atom stereocenters. The molecule has 0 fully saturated rings. The Bertz CT molecular complexity index is 1010. The van der Waals surface area contributed by atoms with Gasteiger partial charge in [0.2, 0.25) is 0 Å². The highest BCUT2D eigenvalue weighted by Crippen LogP contribution is 2.31. The SMILES string of the molecule is CNC(=O)Oc1nccc(-c2ccc(OC[C@](C)(CC(C)C)NC(=O)OC(C)(C)C)c(Cl)c2)n1. The van der Waals surface area contributed by atoms with Gasteiger partial charge in [0.05, 0.1) is 16.3 Å². The van der Waals surface area contributed by atoms with Gasteiger partial charge in [0.15, 0.2) is 0 Å². The zero-order valence-corrected chi connectivity index (χ0v) is 21.4. The van der Waals surface area contributed by atoms with E-state index in [0.29, 0.717) is 34.4 Å². The highest BCUT2D eigenvalue weighted by atomic mass is 35.5. The lowest BCUT2D eigenvalue weighted by Crippen LogP contribution is -2.52. The van der Waals surface area contributed by atoms with Crippen LogP contribution in [-0.4, -0.2) is 46.9 Å². The van der Waals surface area contributed by atoms with E-state index in [4.69, 9.17) is 25.8 Å². The molecule has 34 heavy (non-hydrogen) atoms. The molecule has 2 N–H and O–H groups in total. The topological polar surface area (TPSA) is 112 Å². The second-order valence-corrected chi connectivity index (χ2v) is 9.99. The van der Waals surface area contributed by atoms with E-state index in [1.165, 1.54) is 13.2 Å². The lowest BCUT2D eigenvalue weighted by atomic mass is 9.91. The molecule has 0 spiro atoms. The molecule has 1 aromatic carbocycles. The molecule has 9 nitrogen and oxygen atoms in total. The summed E-state index contributed by atoms with van der Waals surface area (Å²) in [6.07, 6.45) is 0.998. The van der Waals surface area contributed by atoms with Gasteiger partial charge in [-0.2, -0.15) is 4.98 Å². The van der Waals surface area contributed by atoms with Gasteiger partial charge in [0.1, 0.15) is 18.0 Å². The fourth-order valence-electron chi connectivity index (χ4n) is 3.30. The van der Waals surface area contributed by atoms with E-state index in [1.54, 1.807) is 24.3 Å². The minimum atomic E-state index is -0.669. The molecule has 0 saturated carbocycles. The van der Waals surface area contributed by atoms with Crippen molar-refractivity contribution in [1.29, 1.82) is 0 Å². The molecule has 0 saturated heterocycles. The summed E-state index contributed by atoms with van der Waals surface area (Å²) in [5, 5.41) is 5.65. The zero-order valence-electron chi connectivity index (χ0n) is 20.7. The predicted octanol–water partition coefficient (Wildman–Crippen LogP) is 5.22. The van der Waals surface area contributed by atoms with Gasteiger partial charge in [0, 0.05) is 18.8 Å². The fraction of sp³-hybridized carbons (Fsp3) is 0.500. The lowest BCUT2D eigenvalue weighted by molar-refractivity contribution is 0.0408. The van der Waals surface area contributed by atoms with Gasteiger partial charge in [0.25, 0.3) is 0 Å². The van der Waals surface area contributed by atoms with Crippen molar-refractivity contribution in [2.24, 2.45) is 5.92 Å². The maximum absolute atomic E-state index is 12.4. The highest BCUT2D eigenvalue weighted by molar-refractivity contribution is 6.32. The quantitative estimate of drug-likeness (QED) is 0.519. The van der Waals surface area contributed by atoms with Gasteiger partial charge < -0.3 is 24.8 Å². The van der Waals surface area contributed by atoms with Crippen molar-refractivity contribution in [2.45, 2.75) is 59.1 Å². The summed E-state index contributed by atoms with van der Waals surface area (Å²) < 4.78 is 16.4. The summed E-state index contributed by atoms with van der Waals surface area (Å²) in [7, 11) is 1.44. The van der Waals surface area contributed by atoms with E-state index < -0.39 is 23.3 Å².